The predicted molar refractivity (Wildman–Crippen MR) is 77.3 cm³/mol. The van der Waals surface area contributed by atoms with Gasteiger partial charge in [0.25, 0.3) is 17.2 Å². The Kier molecular flexibility index (Phi) is 3.53. The number of benzene rings is 1. The van der Waals surface area contributed by atoms with Crippen LogP contribution in [-0.4, -0.2) is 22.2 Å². The molecule has 0 fully saturated rings. The first kappa shape index (κ1) is 13.7. The first-order valence-electron chi connectivity index (χ1n) is 6.37. The number of hydrogen-bond acceptors (Lipinski definition) is 6. The Morgan fingerprint density at radius 1 is 1.18 bits per heavy atom. The molecule has 0 aliphatic rings. The molecule has 112 valence electrons. The zero-order chi connectivity index (χ0) is 15.5. The zero-order valence-corrected chi connectivity index (χ0v) is 11.6. The van der Waals surface area contributed by atoms with Crippen molar-refractivity contribution in [2.24, 2.45) is 0 Å². The number of nitrogens with zero attached hydrogens (tertiary/aromatic N) is 1. The Bertz CT molecular complexity index is 839. The summed E-state index contributed by atoms with van der Waals surface area (Å²) in [5.41, 5.74) is -0.634. The summed E-state index contributed by atoms with van der Waals surface area (Å²) in [6.07, 6.45) is 1.44. The minimum absolute atomic E-state index is 0.111. The van der Waals surface area contributed by atoms with E-state index in [1.165, 1.54) is 13.4 Å². The summed E-state index contributed by atoms with van der Waals surface area (Å²) in [6, 6.07) is 10.0. The minimum atomic E-state index is -0.634. The predicted octanol–water partition coefficient (Wildman–Crippen LogP) is 2.54. The third kappa shape index (κ3) is 2.51. The second-order valence-corrected chi connectivity index (χ2v) is 4.30. The quantitative estimate of drug-likeness (QED) is 0.768. The number of para-hydroxylation sites is 2. The van der Waals surface area contributed by atoms with Gasteiger partial charge in [-0.05, 0) is 24.3 Å². The minimum Gasteiger partial charge on any atom is -0.493 e. The lowest BCUT2D eigenvalue weighted by Crippen LogP contribution is -2.11. The van der Waals surface area contributed by atoms with Crippen LogP contribution in [0.1, 0.15) is 0 Å². The fraction of sp³-hybridized carbons (Fsp3) is 0.0667. The van der Waals surface area contributed by atoms with E-state index in [1.807, 2.05) is 0 Å². The number of H-pyrrole nitrogens is 1. The molecule has 7 nitrogen and oxygen atoms in total. The van der Waals surface area contributed by atoms with Gasteiger partial charge >= 0.3 is 0 Å². The largest absolute Gasteiger partial charge is 0.493 e. The Hall–Kier alpha value is -3.22. The van der Waals surface area contributed by atoms with Gasteiger partial charge in [0.05, 0.1) is 13.4 Å². The maximum atomic E-state index is 12.1. The van der Waals surface area contributed by atoms with Gasteiger partial charge in [0.1, 0.15) is 0 Å². The summed E-state index contributed by atoms with van der Waals surface area (Å²) in [5.74, 6) is 0.298. The number of ether oxygens (including phenoxy) is 2. The standard InChI is InChI=1S/C15H12N2O5/c1-20-9-5-2-3-6-10(9)22-12-14(18)16-13(17-15(12)19)11-7-4-8-21-11/h2-8H,1H3,(H2,16,17,18,19). The van der Waals surface area contributed by atoms with E-state index in [0.29, 0.717) is 17.3 Å². The maximum Gasteiger partial charge on any atom is 0.298 e. The van der Waals surface area contributed by atoms with Crippen molar-refractivity contribution in [1.82, 2.24) is 9.97 Å². The van der Waals surface area contributed by atoms with E-state index in [2.05, 4.69) is 9.97 Å². The molecule has 2 heterocycles. The van der Waals surface area contributed by atoms with Crippen molar-refractivity contribution in [2.75, 3.05) is 7.11 Å². The average molecular weight is 300 g/mol. The van der Waals surface area contributed by atoms with Gasteiger partial charge in [0.15, 0.2) is 23.1 Å². The molecule has 0 amide bonds. The van der Waals surface area contributed by atoms with Crippen LogP contribution in [-0.2, 0) is 0 Å². The number of aromatic amines is 1. The first-order valence-corrected chi connectivity index (χ1v) is 6.37. The van der Waals surface area contributed by atoms with Crippen LogP contribution in [0.25, 0.3) is 11.6 Å². The molecular formula is C15H12N2O5. The first-order chi connectivity index (χ1) is 10.7. The van der Waals surface area contributed by atoms with Crippen LogP contribution in [0.2, 0.25) is 0 Å². The molecule has 0 saturated carbocycles. The van der Waals surface area contributed by atoms with E-state index in [-0.39, 0.29) is 11.6 Å². The van der Waals surface area contributed by atoms with Gasteiger partial charge in [0.2, 0.25) is 0 Å². The lowest BCUT2D eigenvalue weighted by Gasteiger charge is -2.10. The van der Waals surface area contributed by atoms with Gasteiger partial charge < -0.3 is 24.0 Å². The van der Waals surface area contributed by atoms with Crippen LogP contribution in [0.4, 0.5) is 0 Å². The van der Waals surface area contributed by atoms with Crippen LogP contribution in [0.3, 0.4) is 0 Å². The third-order valence-corrected chi connectivity index (χ3v) is 2.89. The van der Waals surface area contributed by atoms with E-state index in [0.717, 1.165) is 0 Å². The topological polar surface area (TPSA) is 97.6 Å². The van der Waals surface area contributed by atoms with Crippen LogP contribution in [0, 0.1) is 0 Å². The van der Waals surface area contributed by atoms with Crippen molar-refractivity contribution in [1.29, 1.82) is 0 Å². The van der Waals surface area contributed by atoms with Crippen LogP contribution < -0.4 is 15.0 Å². The molecule has 2 N–H and O–H groups in total. The number of nitrogens with one attached hydrogen (secondary N) is 1. The molecule has 0 unspecified atom stereocenters. The number of hydrogen-bond donors (Lipinski definition) is 2. The van der Waals surface area contributed by atoms with Gasteiger partial charge in [-0.3, -0.25) is 4.79 Å². The summed E-state index contributed by atoms with van der Waals surface area (Å²) in [6.45, 7) is 0. The van der Waals surface area contributed by atoms with Gasteiger partial charge in [-0.25, -0.2) is 0 Å². The van der Waals surface area contributed by atoms with Crippen molar-refractivity contribution in [3.63, 3.8) is 0 Å². The number of furan rings is 1. The van der Waals surface area contributed by atoms with Crippen molar-refractivity contribution in [3.05, 3.63) is 53.0 Å². The zero-order valence-electron chi connectivity index (χ0n) is 11.6. The fourth-order valence-corrected chi connectivity index (χ4v) is 1.89. The van der Waals surface area contributed by atoms with E-state index in [9.17, 15) is 9.90 Å². The van der Waals surface area contributed by atoms with E-state index in [4.69, 9.17) is 13.9 Å². The highest BCUT2D eigenvalue weighted by Gasteiger charge is 2.16. The smallest absolute Gasteiger partial charge is 0.298 e. The van der Waals surface area contributed by atoms with Crippen molar-refractivity contribution in [2.45, 2.75) is 0 Å². The van der Waals surface area contributed by atoms with Gasteiger partial charge in [-0.2, -0.15) is 4.98 Å². The van der Waals surface area contributed by atoms with Crippen LogP contribution >= 0.6 is 0 Å². The summed E-state index contributed by atoms with van der Waals surface area (Å²) in [7, 11) is 1.48. The summed E-state index contributed by atoms with van der Waals surface area (Å²) >= 11 is 0. The second kappa shape index (κ2) is 5.65. The maximum absolute atomic E-state index is 12.1. The molecule has 0 bridgehead atoms. The summed E-state index contributed by atoms with van der Waals surface area (Å²) in [5, 5.41) is 9.96. The van der Waals surface area contributed by atoms with E-state index in [1.54, 1.807) is 36.4 Å². The number of aromatic nitrogens is 2. The Labute approximate surface area is 124 Å². The third-order valence-electron chi connectivity index (χ3n) is 2.89. The Morgan fingerprint density at radius 3 is 2.59 bits per heavy atom. The molecule has 0 radical (unpaired) electrons. The molecule has 0 atom stereocenters. The molecular weight excluding hydrogens is 288 g/mol. The molecule has 3 aromatic rings. The molecule has 3 rings (SSSR count). The number of aromatic hydroxyl groups is 1. The highest BCUT2D eigenvalue weighted by atomic mass is 16.5. The molecule has 0 aliphatic heterocycles. The average Bonchev–Trinajstić information content (AvgIpc) is 3.05. The van der Waals surface area contributed by atoms with E-state index >= 15 is 0 Å². The number of rotatable bonds is 4. The highest BCUT2D eigenvalue weighted by Crippen LogP contribution is 2.32. The van der Waals surface area contributed by atoms with Gasteiger partial charge in [-0.1, -0.05) is 12.1 Å². The monoisotopic (exact) mass is 300 g/mol. The SMILES string of the molecule is COc1ccccc1Oc1c(O)nc(-c2ccco2)[nH]c1=O. The molecule has 22 heavy (non-hydrogen) atoms. The van der Waals surface area contributed by atoms with Crippen molar-refractivity contribution < 1.29 is 19.0 Å². The van der Waals surface area contributed by atoms with Crippen LogP contribution in [0.15, 0.2) is 51.9 Å². The van der Waals surface area contributed by atoms with Crippen molar-refractivity contribution in [3.8, 4) is 34.7 Å². The molecule has 0 aliphatic carbocycles. The summed E-state index contributed by atoms with van der Waals surface area (Å²) < 4.78 is 15.7. The van der Waals surface area contributed by atoms with Crippen molar-refractivity contribution >= 4 is 0 Å². The molecule has 1 aromatic carbocycles. The normalized spacial score (nSPS) is 10.4. The molecule has 0 spiro atoms. The van der Waals surface area contributed by atoms with Crippen LogP contribution in [0.5, 0.6) is 23.1 Å². The Morgan fingerprint density at radius 2 is 1.95 bits per heavy atom. The molecule has 0 saturated heterocycles. The van der Waals surface area contributed by atoms with E-state index < -0.39 is 11.4 Å². The molecule has 2 aromatic heterocycles. The highest BCUT2D eigenvalue weighted by molar-refractivity contribution is 5.50. The summed E-state index contributed by atoms with van der Waals surface area (Å²) in [4.78, 5) is 18.5. The lowest BCUT2D eigenvalue weighted by atomic mass is 10.3. The Balaban J connectivity index is 2.00. The second-order valence-electron chi connectivity index (χ2n) is 4.30. The van der Waals surface area contributed by atoms with Gasteiger partial charge in [0, 0.05) is 0 Å². The lowest BCUT2D eigenvalue weighted by molar-refractivity contribution is 0.358. The fourth-order valence-electron chi connectivity index (χ4n) is 1.89. The van der Waals surface area contributed by atoms with Gasteiger partial charge in [-0.15, -0.1) is 0 Å². The number of methoxy groups -OCH3 is 1. The molecule has 7 heteroatoms.